The molecule has 0 radical (unpaired) electrons. The highest BCUT2D eigenvalue weighted by molar-refractivity contribution is 6.29. The second-order valence-electron chi connectivity index (χ2n) is 2.96. The van der Waals surface area contributed by atoms with Crippen molar-refractivity contribution in [1.82, 2.24) is 14.9 Å². The van der Waals surface area contributed by atoms with Gasteiger partial charge in [0.25, 0.3) is 0 Å². The fourth-order valence-corrected chi connectivity index (χ4v) is 1.07. The Morgan fingerprint density at radius 1 is 1.85 bits per heavy atom. The van der Waals surface area contributed by atoms with Gasteiger partial charge >= 0.3 is 0 Å². The molecule has 1 heterocycles. The van der Waals surface area contributed by atoms with E-state index in [1.54, 1.807) is 6.20 Å². The van der Waals surface area contributed by atoms with Crippen LogP contribution in [-0.4, -0.2) is 15.6 Å². The lowest BCUT2D eigenvalue weighted by molar-refractivity contribution is 0.597. The maximum atomic E-state index is 5.83. The molecule has 0 saturated carbocycles. The minimum Gasteiger partial charge on any atom is -0.321 e. The number of hydrogen-bond acceptors (Lipinski definition) is 2. The van der Waals surface area contributed by atoms with E-state index in [1.165, 1.54) is 0 Å². The minimum absolute atomic E-state index is 0.287. The van der Waals surface area contributed by atoms with Crippen molar-refractivity contribution in [2.45, 2.75) is 19.5 Å². The minimum atomic E-state index is 0.287. The number of nitrogens with one attached hydrogen (secondary N) is 1. The van der Waals surface area contributed by atoms with Gasteiger partial charge in [-0.05, 0) is 6.92 Å². The Hall–Kier alpha value is -0.800. The van der Waals surface area contributed by atoms with Crippen LogP contribution in [-0.2, 0) is 13.6 Å². The Bertz CT molecular complexity index is 293. The molecule has 0 aliphatic rings. The number of hydrogen-bond donors (Lipinski definition) is 1. The zero-order valence-corrected chi connectivity index (χ0v) is 8.67. The summed E-state index contributed by atoms with van der Waals surface area (Å²) in [5.74, 6) is 0.929. The maximum Gasteiger partial charge on any atom is 0.128 e. The van der Waals surface area contributed by atoms with E-state index in [2.05, 4.69) is 16.9 Å². The molecule has 1 aromatic heterocycles. The third-order valence-electron chi connectivity index (χ3n) is 1.96. The number of aromatic nitrogens is 2. The highest BCUT2D eigenvalue weighted by Crippen LogP contribution is 2.08. The molecule has 0 aromatic carbocycles. The molecule has 0 bridgehead atoms. The molecular formula is C9H14ClN3. The lowest BCUT2D eigenvalue weighted by Gasteiger charge is -2.08. The largest absolute Gasteiger partial charge is 0.321 e. The number of imidazole rings is 1. The van der Waals surface area contributed by atoms with E-state index in [0.717, 1.165) is 5.82 Å². The molecule has 0 saturated heterocycles. The molecule has 4 heteroatoms. The van der Waals surface area contributed by atoms with Gasteiger partial charge in [-0.15, -0.1) is 6.58 Å². The van der Waals surface area contributed by atoms with Gasteiger partial charge in [0, 0.05) is 13.1 Å². The Labute approximate surface area is 83.4 Å². The first kappa shape index (κ1) is 10.3. The Kier molecular flexibility index (Phi) is 3.51. The molecular weight excluding hydrogens is 186 g/mol. The average molecular weight is 200 g/mol. The molecule has 0 fully saturated rings. The molecule has 0 spiro atoms. The monoisotopic (exact) mass is 199 g/mol. The van der Waals surface area contributed by atoms with Crippen LogP contribution in [0.2, 0.25) is 5.15 Å². The fourth-order valence-electron chi connectivity index (χ4n) is 0.924. The van der Waals surface area contributed by atoms with Crippen molar-refractivity contribution in [1.29, 1.82) is 0 Å². The van der Waals surface area contributed by atoms with E-state index in [1.807, 2.05) is 24.6 Å². The van der Waals surface area contributed by atoms with Crippen molar-refractivity contribution in [3.63, 3.8) is 0 Å². The van der Waals surface area contributed by atoms with Crippen LogP contribution >= 0.6 is 11.6 Å². The van der Waals surface area contributed by atoms with Crippen LogP contribution in [0.5, 0.6) is 0 Å². The van der Waals surface area contributed by atoms with Crippen LogP contribution in [0.25, 0.3) is 0 Å². The van der Waals surface area contributed by atoms with E-state index >= 15 is 0 Å². The average Bonchev–Trinajstić information content (AvgIpc) is 2.44. The lowest BCUT2D eigenvalue weighted by Crippen LogP contribution is -2.24. The molecule has 0 amide bonds. The van der Waals surface area contributed by atoms with Crippen molar-refractivity contribution in [2.75, 3.05) is 0 Å². The molecule has 13 heavy (non-hydrogen) atoms. The van der Waals surface area contributed by atoms with Gasteiger partial charge in [0.2, 0.25) is 0 Å². The van der Waals surface area contributed by atoms with Crippen molar-refractivity contribution >= 4 is 11.6 Å². The third kappa shape index (κ3) is 2.57. The van der Waals surface area contributed by atoms with Crippen LogP contribution in [0, 0.1) is 0 Å². The van der Waals surface area contributed by atoms with Crippen LogP contribution in [0.15, 0.2) is 18.9 Å². The quantitative estimate of drug-likeness (QED) is 0.749. The van der Waals surface area contributed by atoms with Crippen molar-refractivity contribution in [2.24, 2.45) is 7.05 Å². The summed E-state index contributed by atoms with van der Waals surface area (Å²) in [6.07, 6.45) is 3.50. The Balaban J connectivity index is 2.54. The highest BCUT2D eigenvalue weighted by atomic mass is 35.5. The Morgan fingerprint density at radius 3 is 3.00 bits per heavy atom. The smallest absolute Gasteiger partial charge is 0.128 e. The lowest BCUT2D eigenvalue weighted by atomic mass is 10.3. The van der Waals surface area contributed by atoms with E-state index in [0.29, 0.717) is 11.7 Å². The standard InChI is InChI=1S/C9H14ClN3/c1-4-7(2)11-6-9-12-5-8(10)13(9)3/h4-5,7,11H,1,6H2,2-3H3. The van der Waals surface area contributed by atoms with E-state index in [9.17, 15) is 0 Å². The molecule has 1 unspecified atom stereocenters. The first-order valence-corrected chi connectivity index (χ1v) is 4.55. The van der Waals surface area contributed by atoms with Crippen LogP contribution in [0.4, 0.5) is 0 Å². The second kappa shape index (κ2) is 4.44. The summed E-state index contributed by atoms with van der Waals surface area (Å²) in [6.45, 7) is 6.43. The van der Waals surface area contributed by atoms with E-state index in [4.69, 9.17) is 11.6 Å². The molecule has 0 aliphatic carbocycles. The first-order chi connectivity index (χ1) is 6.15. The van der Waals surface area contributed by atoms with Gasteiger partial charge in [0.1, 0.15) is 11.0 Å². The summed E-state index contributed by atoms with van der Waals surface area (Å²) in [5, 5.41) is 3.90. The van der Waals surface area contributed by atoms with Crippen LogP contribution in [0.1, 0.15) is 12.7 Å². The van der Waals surface area contributed by atoms with Crippen molar-refractivity contribution in [3.8, 4) is 0 Å². The van der Waals surface area contributed by atoms with Crippen LogP contribution < -0.4 is 5.32 Å². The first-order valence-electron chi connectivity index (χ1n) is 4.17. The van der Waals surface area contributed by atoms with Crippen molar-refractivity contribution < 1.29 is 0 Å². The highest BCUT2D eigenvalue weighted by Gasteiger charge is 2.04. The summed E-state index contributed by atoms with van der Waals surface area (Å²) in [6, 6.07) is 0.287. The number of rotatable bonds is 4. The summed E-state index contributed by atoms with van der Waals surface area (Å²) >= 11 is 5.83. The summed E-state index contributed by atoms with van der Waals surface area (Å²) < 4.78 is 1.85. The Morgan fingerprint density at radius 2 is 2.54 bits per heavy atom. The summed E-state index contributed by atoms with van der Waals surface area (Å²) in [4.78, 5) is 4.16. The van der Waals surface area contributed by atoms with Gasteiger partial charge in [-0.1, -0.05) is 17.7 Å². The van der Waals surface area contributed by atoms with Gasteiger partial charge in [0.05, 0.1) is 12.7 Å². The van der Waals surface area contributed by atoms with Gasteiger partial charge in [-0.2, -0.15) is 0 Å². The second-order valence-corrected chi connectivity index (χ2v) is 3.35. The van der Waals surface area contributed by atoms with Crippen molar-refractivity contribution in [3.05, 3.63) is 29.8 Å². The zero-order valence-electron chi connectivity index (χ0n) is 7.92. The molecule has 1 atom stereocenters. The number of nitrogens with zero attached hydrogens (tertiary/aromatic N) is 2. The topological polar surface area (TPSA) is 29.9 Å². The normalized spacial score (nSPS) is 12.8. The molecule has 3 nitrogen and oxygen atoms in total. The zero-order chi connectivity index (χ0) is 9.84. The molecule has 1 aromatic rings. The molecule has 1 rings (SSSR count). The maximum absolute atomic E-state index is 5.83. The molecule has 1 N–H and O–H groups in total. The van der Waals surface area contributed by atoms with E-state index < -0.39 is 0 Å². The summed E-state index contributed by atoms with van der Waals surface area (Å²) in [5.41, 5.74) is 0. The van der Waals surface area contributed by atoms with Gasteiger partial charge in [0.15, 0.2) is 0 Å². The fraction of sp³-hybridized carbons (Fsp3) is 0.444. The third-order valence-corrected chi connectivity index (χ3v) is 2.31. The SMILES string of the molecule is C=CC(C)NCc1ncc(Cl)n1C. The number of halogens is 1. The predicted molar refractivity (Wildman–Crippen MR) is 54.7 cm³/mol. The van der Waals surface area contributed by atoms with Crippen LogP contribution in [0.3, 0.4) is 0 Å². The predicted octanol–water partition coefficient (Wildman–Crippen LogP) is 1.74. The van der Waals surface area contributed by atoms with Gasteiger partial charge < -0.3 is 9.88 Å². The van der Waals surface area contributed by atoms with E-state index in [-0.39, 0.29) is 6.04 Å². The molecule has 0 aliphatic heterocycles. The molecule has 72 valence electrons. The van der Waals surface area contributed by atoms with Gasteiger partial charge in [-0.3, -0.25) is 0 Å². The van der Waals surface area contributed by atoms with Gasteiger partial charge in [-0.25, -0.2) is 4.98 Å². The summed E-state index contributed by atoms with van der Waals surface area (Å²) in [7, 11) is 1.89.